The van der Waals surface area contributed by atoms with Crippen molar-refractivity contribution in [2.45, 2.75) is 20.4 Å². The third-order valence-corrected chi connectivity index (χ3v) is 3.94. The molecule has 0 bridgehead atoms. The SMILES string of the molecule is CCNC(=S)N/N=C\c1c(C)nn(Cc2ccc(Cl)cc2)c1Cl. The van der Waals surface area contributed by atoms with Gasteiger partial charge < -0.3 is 5.32 Å². The third-order valence-electron chi connectivity index (χ3n) is 3.05. The number of thiocarbonyl (C=S) groups is 1. The second-order valence-electron chi connectivity index (χ2n) is 4.80. The zero-order valence-electron chi connectivity index (χ0n) is 12.8. The fraction of sp³-hybridized carbons (Fsp3) is 0.267. The molecule has 0 aliphatic heterocycles. The Bertz CT molecular complexity index is 709. The fourth-order valence-corrected chi connectivity index (χ4v) is 2.54. The summed E-state index contributed by atoms with van der Waals surface area (Å²) in [6.07, 6.45) is 1.62. The molecule has 0 spiro atoms. The van der Waals surface area contributed by atoms with Crippen molar-refractivity contribution < 1.29 is 0 Å². The van der Waals surface area contributed by atoms with Crippen LogP contribution in [0.1, 0.15) is 23.7 Å². The molecule has 8 heteroatoms. The number of nitrogens with one attached hydrogen (secondary N) is 2. The smallest absolute Gasteiger partial charge is 0.186 e. The minimum atomic E-state index is 0.464. The van der Waals surface area contributed by atoms with E-state index in [1.807, 2.05) is 38.1 Å². The summed E-state index contributed by atoms with van der Waals surface area (Å²) in [6.45, 7) is 5.14. The zero-order valence-corrected chi connectivity index (χ0v) is 15.1. The molecule has 1 aromatic heterocycles. The van der Waals surface area contributed by atoms with Crippen LogP contribution in [-0.2, 0) is 6.54 Å². The molecule has 0 unspecified atom stereocenters. The first-order chi connectivity index (χ1) is 11.0. The highest BCUT2D eigenvalue weighted by Gasteiger charge is 2.12. The molecule has 2 aromatic rings. The molecule has 1 heterocycles. The number of aryl methyl sites for hydroxylation is 1. The van der Waals surface area contributed by atoms with E-state index in [0.29, 0.717) is 21.8 Å². The Morgan fingerprint density at radius 3 is 2.70 bits per heavy atom. The predicted molar refractivity (Wildman–Crippen MR) is 99.5 cm³/mol. The number of rotatable bonds is 5. The fourth-order valence-electron chi connectivity index (χ4n) is 1.94. The van der Waals surface area contributed by atoms with Gasteiger partial charge in [0.15, 0.2) is 5.11 Å². The van der Waals surface area contributed by atoms with Gasteiger partial charge >= 0.3 is 0 Å². The third kappa shape index (κ3) is 4.92. The molecule has 0 radical (unpaired) electrons. The van der Waals surface area contributed by atoms with Crippen molar-refractivity contribution >= 4 is 46.7 Å². The van der Waals surface area contributed by atoms with Gasteiger partial charge in [0.25, 0.3) is 0 Å². The van der Waals surface area contributed by atoms with Crippen molar-refractivity contribution in [2.75, 3.05) is 6.54 Å². The number of aromatic nitrogens is 2. The van der Waals surface area contributed by atoms with Gasteiger partial charge in [-0.1, -0.05) is 35.3 Å². The van der Waals surface area contributed by atoms with E-state index < -0.39 is 0 Å². The number of hydrogen-bond acceptors (Lipinski definition) is 3. The topological polar surface area (TPSA) is 54.2 Å². The van der Waals surface area contributed by atoms with Gasteiger partial charge in [-0.15, -0.1) is 0 Å². The monoisotopic (exact) mass is 369 g/mol. The van der Waals surface area contributed by atoms with Crippen LogP contribution in [0.5, 0.6) is 0 Å². The summed E-state index contributed by atoms with van der Waals surface area (Å²) in [5.41, 5.74) is 5.35. The lowest BCUT2D eigenvalue weighted by Crippen LogP contribution is -2.31. The second kappa shape index (κ2) is 8.29. The van der Waals surface area contributed by atoms with Crippen LogP contribution in [-0.4, -0.2) is 27.7 Å². The molecule has 5 nitrogen and oxygen atoms in total. The Kier molecular flexibility index (Phi) is 6.38. The molecule has 0 saturated heterocycles. The molecule has 0 atom stereocenters. The highest BCUT2D eigenvalue weighted by molar-refractivity contribution is 7.80. The molecule has 122 valence electrons. The molecular formula is C15H17Cl2N5S. The van der Waals surface area contributed by atoms with Crippen molar-refractivity contribution in [3.05, 3.63) is 51.3 Å². The van der Waals surface area contributed by atoms with Gasteiger partial charge in [-0.3, -0.25) is 5.43 Å². The molecule has 2 N–H and O–H groups in total. The molecular weight excluding hydrogens is 353 g/mol. The summed E-state index contributed by atoms with van der Waals surface area (Å²) < 4.78 is 1.73. The predicted octanol–water partition coefficient (Wildman–Crippen LogP) is 3.36. The normalized spacial score (nSPS) is 11.0. The van der Waals surface area contributed by atoms with Gasteiger partial charge in [-0.25, -0.2) is 4.68 Å². The Hall–Kier alpha value is -1.63. The first-order valence-corrected chi connectivity index (χ1v) is 8.22. The Morgan fingerprint density at radius 2 is 2.04 bits per heavy atom. The van der Waals surface area contributed by atoms with Crippen LogP contribution in [0.25, 0.3) is 0 Å². The number of hydrogen-bond donors (Lipinski definition) is 2. The van der Waals surface area contributed by atoms with Crippen molar-refractivity contribution in [3.63, 3.8) is 0 Å². The lowest BCUT2D eigenvalue weighted by molar-refractivity contribution is 0.680. The van der Waals surface area contributed by atoms with Gasteiger partial charge in [0, 0.05) is 11.6 Å². The number of halogens is 2. The van der Waals surface area contributed by atoms with E-state index in [1.165, 1.54) is 0 Å². The number of hydrazone groups is 1. The van der Waals surface area contributed by atoms with Crippen molar-refractivity contribution in [3.8, 4) is 0 Å². The summed E-state index contributed by atoms with van der Waals surface area (Å²) in [6, 6.07) is 7.57. The van der Waals surface area contributed by atoms with Crippen LogP contribution in [0.15, 0.2) is 29.4 Å². The Labute approximate surface area is 150 Å². The Morgan fingerprint density at radius 1 is 1.35 bits per heavy atom. The van der Waals surface area contributed by atoms with Crippen LogP contribution in [0.2, 0.25) is 10.2 Å². The molecule has 0 saturated carbocycles. The van der Waals surface area contributed by atoms with Gasteiger partial charge in [0.05, 0.1) is 24.0 Å². The summed E-state index contributed by atoms with van der Waals surface area (Å²) in [7, 11) is 0. The zero-order chi connectivity index (χ0) is 16.8. The highest BCUT2D eigenvalue weighted by atomic mass is 35.5. The standard InChI is InChI=1S/C15H17Cl2N5S/c1-3-18-15(23)20-19-8-13-10(2)21-22(14(13)17)9-11-4-6-12(16)7-5-11/h4-8H,3,9H2,1-2H3,(H2,18,20,23)/b19-8-. The van der Waals surface area contributed by atoms with Gasteiger partial charge in [-0.2, -0.15) is 10.2 Å². The molecule has 0 aliphatic carbocycles. The lowest BCUT2D eigenvalue weighted by Gasteiger charge is -2.04. The summed E-state index contributed by atoms with van der Waals surface area (Å²) in [5, 5.41) is 13.2. The van der Waals surface area contributed by atoms with Gasteiger partial charge in [-0.05, 0) is 43.8 Å². The second-order valence-corrected chi connectivity index (χ2v) is 6.01. The maximum absolute atomic E-state index is 6.39. The van der Waals surface area contributed by atoms with E-state index in [-0.39, 0.29) is 0 Å². The van der Waals surface area contributed by atoms with Gasteiger partial charge in [0.1, 0.15) is 5.15 Å². The molecule has 0 amide bonds. The molecule has 1 aromatic carbocycles. The van der Waals surface area contributed by atoms with E-state index in [4.69, 9.17) is 35.4 Å². The first kappa shape index (κ1) is 17.7. The van der Waals surface area contributed by atoms with Crippen LogP contribution < -0.4 is 10.7 Å². The average Bonchev–Trinajstić information content (AvgIpc) is 2.77. The number of benzene rings is 1. The van der Waals surface area contributed by atoms with Crippen molar-refractivity contribution in [1.82, 2.24) is 20.5 Å². The number of nitrogens with zero attached hydrogens (tertiary/aromatic N) is 3. The minimum absolute atomic E-state index is 0.464. The van der Waals surface area contributed by atoms with E-state index >= 15 is 0 Å². The summed E-state index contributed by atoms with van der Waals surface area (Å²) in [5.74, 6) is 0. The van der Waals surface area contributed by atoms with E-state index in [9.17, 15) is 0 Å². The van der Waals surface area contributed by atoms with Crippen LogP contribution >= 0.6 is 35.4 Å². The Balaban J connectivity index is 2.11. The highest BCUT2D eigenvalue weighted by Crippen LogP contribution is 2.19. The largest absolute Gasteiger partial charge is 0.362 e. The quantitative estimate of drug-likeness (QED) is 0.482. The van der Waals surface area contributed by atoms with E-state index in [2.05, 4.69) is 20.9 Å². The molecule has 2 rings (SSSR count). The van der Waals surface area contributed by atoms with Crippen LogP contribution in [0.4, 0.5) is 0 Å². The van der Waals surface area contributed by atoms with Crippen LogP contribution in [0.3, 0.4) is 0 Å². The van der Waals surface area contributed by atoms with Crippen molar-refractivity contribution in [1.29, 1.82) is 0 Å². The maximum Gasteiger partial charge on any atom is 0.186 e. The molecule has 23 heavy (non-hydrogen) atoms. The minimum Gasteiger partial charge on any atom is -0.362 e. The van der Waals surface area contributed by atoms with Gasteiger partial charge in [0.2, 0.25) is 0 Å². The first-order valence-electron chi connectivity index (χ1n) is 7.05. The molecule has 0 aliphatic rings. The average molecular weight is 370 g/mol. The summed E-state index contributed by atoms with van der Waals surface area (Å²) >= 11 is 17.3. The van der Waals surface area contributed by atoms with E-state index in [1.54, 1.807) is 10.9 Å². The van der Waals surface area contributed by atoms with E-state index in [0.717, 1.165) is 23.4 Å². The lowest BCUT2D eigenvalue weighted by atomic mass is 10.2. The molecule has 0 fully saturated rings. The summed E-state index contributed by atoms with van der Waals surface area (Å²) in [4.78, 5) is 0. The van der Waals surface area contributed by atoms with Crippen LogP contribution in [0, 0.1) is 6.92 Å². The maximum atomic E-state index is 6.39. The van der Waals surface area contributed by atoms with Crippen molar-refractivity contribution in [2.24, 2.45) is 5.10 Å².